The Balaban J connectivity index is 1.53. The average Bonchev–Trinajstić information content (AvgIpc) is 3.18. The molecule has 0 aliphatic carbocycles. The minimum atomic E-state index is -0.581. The van der Waals surface area contributed by atoms with Gasteiger partial charge in [0.25, 0.3) is 5.91 Å². The zero-order chi connectivity index (χ0) is 20.4. The maximum Gasteiger partial charge on any atom is 0.311 e. The average molecular weight is 405 g/mol. The van der Waals surface area contributed by atoms with Gasteiger partial charge in [-0.25, -0.2) is 4.98 Å². The predicted molar refractivity (Wildman–Crippen MR) is 113 cm³/mol. The monoisotopic (exact) mass is 405 g/mol. The summed E-state index contributed by atoms with van der Waals surface area (Å²) in [7, 11) is 1.34. The largest absolute Gasteiger partial charge is 0.490 e. The first-order valence-corrected chi connectivity index (χ1v) is 9.46. The van der Waals surface area contributed by atoms with E-state index in [2.05, 4.69) is 10.3 Å². The highest BCUT2D eigenvalue weighted by atomic mass is 32.1. The van der Waals surface area contributed by atoms with Gasteiger partial charge < -0.3 is 10.1 Å². The van der Waals surface area contributed by atoms with E-state index in [1.165, 1.54) is 25.3 Å². The van der Waals surface area contributed by atoms with Gasteiger partial charge in [0.1, 0.15) is 5.01 Å². The van der Waals surface area contributed by atoms with Gasteiger partial charge in [-0.3, -0.25) is 14.9 Å². The fourth-order valence-electron chi connectivity index (χ4n) is 2.87. The molecule has 4 rings (SSSR count). The smallest absolute Gasteiger partial charge is 0.311 e. The number of carbonyl (C=O) groups excluding carboxylic acids is 1. The van der Waals surface area contributed by atoms with Gasteiger partial charge in [-0.1, -0.05) is 12.1 Å². The SMILES string of the molecule is COc1ccc(C(=O)Nc2ccc(-c3nc4ccccc4s3)cc2)cc1[N+](=O)[O-]. The summed E-state index contributed by atoms with van der Waals surface area (Å²) >= 11 is 1.60. The quantitative estimate of drug-likeness (QED) is 0.367. The first-order chi connectivity index (χ1) is 14.0. The molecule has 144 valence electrons. The molecule has 1 N–H and O–H groups in total. The number of para-hydroxylation sites is 1. The molecule has 0 atom stereocenters. The van der Waals surface area contributed by atoms with Gasteiger partial charge in [-0.15, -0.1) is 11.3 Å². The van der Waals surface area contributed by atoms with Crippen LogP contribution in [-0.2, 0) is 0 Å². The summed E-state index contributed by atoms with van der Waals surface area (Å²) in [5.74, 6) is -0.338. The Morgan fingerprint density at radius 1 is 1.10 bits per heavy atom. The van der Waals surface area contributed by atoms with Gasteiger partial charge in [0.2, 0.25) is 0 Å². The number of nitro benzene ring substituents is 1. The number of nitrogens with one attached hydrogen (secondary N) is 1. The van der Waals surface area contributed by atoms with Gasteiger partial charge in [-0.2, -0.15) is 0 Å². The summed E-state index contributed by atoms with van der Waals surface area (Å²) in [4.78, 5) is 27.7. The molecule has 8 heteroatoms. The van der Waals surface area contributed by atoms with Crippen molar-refractivity contribution in [2.75, 3.05) is 12.4 Å². The molecular weight excluding hydrogens is 390 g/mol. The molecule has 0 unspecified atom stereocenters. The molecule has 0 fully saturated rings. The van der Waals surface area contributed by atoms with E-state index in [0.717, 1.165) is 20.8 Å². The van der Waals surface area contributed by atoms with E-state index in [4.69, 9.17) is 4.74 Å². The number of nitro groups is 1. The van der Waals surface area contributed by atoms with Gasteiger partial charge >= 0.3 is 5.69 Å². The Hall–Kier alpha value is -3.78. The summed E-state index contributed by atoms with van der Waals surface area (Å²) in [6, 6.07) is 19.3. The minimum absolute atomic E-state index is 0.103. The Kier molecular flexibility index (Phi) is 4.92. The topological polar surface area (TPSA) is 94.4 Å². The van der Waals surface area contributed by atoms with E-state index >= 15 is 0 Å². The molecule has 1 aromatic heterocycles. The van der Waals surface area contributed by atoms with E-state index in [9.17, 15) is 14.9 Å². The standard InChI is InChI=1S/C21H15N3O4S/c1-28-18-11-8-14(12-17(18)24(26)27)20(25)22-15-9-6-13(7-10-15)21-23-16-4-2-3-5-19(16)29-21/h2-12H,1H3,(H,22,25). The fraction of sp³-hybridized carbons (Fsp3) is 0.0476. The number of carbonyl (C=O) groups is 1. The summed E-state index contributed by atoms with van der Waals surface area (Å²) in [6.45, 7) is 0. The molecule has 0 bridgehead atoms. The number of aromatic nitrogens is 1. The molecule has 0 saturated heterocycles. The zero-order valence-electron chi connectivity index (χ0n) is 15.3. The first kappa shape index (κ1) is 18.6. The molecule has 7 nitrogen and oxygen atoms in total. The highest BCUT2D eigenvalue weighted by molar-refractivity contribution is 7.21. The van der Waals surface area contributed by atoms with Gasteiger partial charge in [0.15, 0.2) is 5.75 Å². The number of nitrogens with zero attached hydrogens (tertiary/aromatic N) is 2. The second kappa shape index (κ2) is 7.69. The van der Waals surface area contributed by atoms with Gasteiger partial charge in [0.05, 0.1) is 22.2 Å². The maximum atomic E-state index is 12.5. The molecule has 1 heterocycles. The molecule has 0 saturated carbocycles. The van der Waals surface area contributed by atoms with Crippen molar-refractivity contribution in [2.45, 2.75) is 0 Å². The number of methoxy groups -OCH3 is 1. The number of anilines is 1. The van der Waals surface area contributed by atoms with E-state index in [0.29, 0.717) is 5.69 Å². The van der Waals surface area contributed by atoms with E-state index in [1.54, 1.807) is 23.5 Å². The lowest BCUT2D eigenvalue weighted by molar-refractivity contribution is -0.385. The number of ether oxygens (including phenoxy) is 1. The molecule has 1 amide bonds. The molecule has 0 radical (unpaired) electrons. The molecule has 3 aromatic carbocycles. The lowest BCUT2D eigenvalue weighted by Gasteiger charge is -2.07. The van der Waals surface area contributed by atoms with Crippen LogP contribution in [0.4, 0.5) is 11.4 Å². The van der Waals surface area contributed by atoms with Crippen LogP contribution in [0.15, 0.2) is 66.7 Å². The lowest BCUT2D eigenvalue weighted by atomic mass is 10.1. The second-order valence-electron chi connectivity index (χ2n) is 6.16. The molecule has 29 heavy (non-hydrogen) atoms. The Morgan fingerprint density at radius 3 is 2.55 bits per heavy atom. The first-order valence-electron chi connectivity index (χ1n) is 8.65. The van der Waals surface area contributed by atoms with Crippen molar-refractivity contribution in [2.24, 2.45) is 0 Å². The molecule has 0 aliphatic heterocycles. The second-order valence-corrected chi connectivity index (χ2v) is 7.19. The summed E-state index contributed by atoms with van der Waals surface area (Å²) < 4.78 is 6.07. The fourth-order valence-corrected chi connectivity index (χ4v) is 3.84. The molecular formula is C21H15N3O4S. The van der Waals surface area contributed by atoms with Gasteiger partial charge in [0, 0.05) is 22.9 Å². The van der Waals surface area contributed by atoms with Crippen molar-refractivity contribution in [1.29, 1.82) is 0 Å². The van der Waals surface area contributed by atoms with E-state index < -0.39 is 10.8 Å². The third kappa shape index (κ3) is 3.78. The number of hydrogen-bond acceptors (Lipinski definition) is 6. The van der Waals surface area contributed by atoms with Gasteiger partial charge in [-0.05, 0) is 48.5 Å². The number of rotatable bonds is 5. The van der Waals surface area contributed by atoms with Crippen LogP contribution in [0.2, 0.25) is 0 Å². The Labute approximate surface area is 169 Å². The molecule has 4 aromatic rings. The minimum Gasteiger partial charge on any atom is -0.490 e. The predicted octanol–water partition coefficient (Wildman–Crippen LogP) is 5.13. The molecule has 0 spiro atoms. The van der Waals surface area contributed by atoms with Crippen LogP contribution in [0, 0.1) is 10.1 Å². The third-order valence-corrected chi connectivity index (χ3v) is 5.41. The van der Waals surface area contributed by atoms with Crippen LogP contribution < -0.4 is 10.1 Å². The van der Waals surface area contributed by atoms with Crippen LogP contribution in [0.3, 0.4) is 0 Å². The third-order valence-electron chi connectivity index (χ3n) is 4.32. The maximum absolute atomic E-state index is 12.5. The summed E-state index contributed by atoms with van der Waals surface area (Å²) in [5.41, 5.74) is 2.40. The van der Waals surface area contributed by atoms with Crippen molar-refractivity contribution in [3.63, 3.8) is 0 Å². The Morgan fingerprint density at radius 2 is 1.86 bits per heavy atom. The van der Waals surface area contributed by atoms with Crippen LogP contribution in [0.25, 0.3) is 20.8 Å². The number of fused-ring (bicyclic) bond motifs is 1. The summed E-state index contributed by atoms with van der Waals surface area (Å²) in [6.07, 6.45) is 0. The van der Waals surface area contributed by atoms with Crippen molar-refractivity contribution >= 4 is 38.8 Å². The van der Waals surface area contributed by atoms with E-state index in [-0.39, 0.29) is 17.0 Å². The van der Waals surface area contributed by atoms with Crippen LogP contribution in [0.1, 0.15) is 10.4 Å². The number of thiazole rings is 1. The van der Waals surface area contributed by atoms with Crippen LogP contribution in [0.5, 0.6) is 5.75 Å². The van der Waals surface area contributed by atoms with Crippen LogP contribution in [-0.4, -0.2) is 22.9 Å². The van der Waals surface area contributed by atoms with Crippen LogP contribution >= 0.6 is 11.3 Å². The highest BCUT2D eigenvalue weighted by Gasteiger charge is 2.18. The van der Waals surface area contributed by atoms with E-state index in [1.807, 2.05) is 36.4 Å². The number of benzene rings is 3. The molecule has 0 aliphatic rings. The normalized spacial score (nSPS) is 10.7. The Bertz CT molecular complexity index is 1190. The highest BCUT2D eigenvalue weighted by Crippen LogP contribution is 2.31. The van der Waals surface area contributed by atoms with Crippen molar-refractivity contribution < 1.29 is 14.5 Å². The van der Waals surface area contributed by atoms with Crippen molar-refractivity contribution in [3.8, 4) is 16.3 Å². The van der Waals surface area contributed by atoms with Crippen molar-refractivity contribution in [3.05, 3.63) is 82.4 Å². The van der Waals surface area contributed by atoms with Crippen molar-refractivity contribution in [1.82, 2.24) is 4.98 Å². The summed E-state index contributed by atoms with van der Waals surface area (Å²) in [5, 5.41) is 14.8. The lowest BCUT2D eigenvalue weighted by Crippen LogP contribution is -2.12. The number of hydrogen-bond donors (Lipinski definition) is 1. The zero-order valence-corrected chi connectivity index (χ0v) is 16.1. The number of amides is 1.